The van der Waals surface area contributed by atoms with E-state index in [-0.39, 0.29) is 5.91 Å². The number of benzene rings is 1. The minimum atomic E-state index is 0.0209. The van der Waals surface area contributed by atoms with Crippen LogP contribution >= 0.6 is 11.6 Å². The maximum absolute atomic E-state index is 12.9. The average Bonchev–Trinajstić information content (AvgIpc) is 3.18. The lowest BCUT2D eigenvalue weighted by Gasteiger charge is -2.37. The van der Waals surface area contributed by atoms with Gasteiger partial charge in [-0.2, -0.15) is 0 Å². The molecule has 1 aromatic carbocycles. The second-order valence-corrected chi connectivity index (χ2v) is 8.05. The molecule has 2 aliphatic rings. The van der Waals surface area contributed by atoms with Crippen molar-refractivity contribution in [2.45, 2.75) is 31.7 Å². The molecule has 0 radical (unpaired) electrons. The quantitative estimate of drug-likeness (QED) is 0.853. The van der Waals surface area contributed by atoms with Gasteiger partial charge in [0.05, 0.1) is 10.6 Å². The number of hydrazine groups is 1. The fourth-order valence-corrected chi connectivity index (χ4v) is 4.47. The number of likely N-dealkylation sites (tertiary alicyclic amines) is 1. The van der Waals surface area contributed by atoms with E-state index < -0.39 is 0 Å². The summed E-state index contributed by atoms with van der Waals surface area (Å²) >= 11 is 6.01. The molecular formula is C21H25ClN4O. The Kier molecular flexibility index (Phi) is 5.43. The largest absolute Gasteiger partial charge is 0.338 e. The third-order valence-electron chi connectivity index (χ3n) is 5.73. The zero-order valence-electron chi connectivity index (χ0n) is 15.5. The summed E-state index contributed by atoms with van der Waals surface area (Å²) in [6, 6.07) is 10.8. The zero-order chi connectivity index (χ0) is 18.8. The molecule has 0 spiro atoms. The summed E-state index contributed by atoms with van der Waals surface area (Å²) in [4.78, 5) is 18.9. The maximum atomic E-state index is 12.9. The summed E-state index contributed by atoms with van der Waals surface area (Å²) < 4.78 is 0. The van der Waals surface area contributed by atoms with Gasteiger partial charge in [-0.15, -0.1) is 0 Å². The lowest BCUT2D eigenvalue weighted by Crippen LogP contribution is -2.48. The van der Waals surface area contributed by atoms with Gasteiger partial charge in [0, 0.05) is 44.0 Å². The van der Waals surface area contributed by atoms with E-state index in [1.54, 1.807) is 18.5 Å². The highest BCUT2D eigenvalue weighted by Crippen LogP contribution is 2.32. The number of rotatable bonds is 3. The number of pyridine rings is 1. The van der Waals surface area contributed by atoms with Crippen molar-refractivity contribution in [2.24, 2.45) is 5.92 Å². The molecule has 6 heteroatoms. The summed E-state index contributed by atoms with van der Waals surface area (Å²) in [6.07, 6.45) is 5.29. The Morgan fingerprint density at radius 1 is 1.26 bits per heavy atom. The molecule has 3 unspecified atom stereocenters. The van der Waals surface area contributed by atoms with Crippen molar-refractivity contribution >= 4 is 17.5 Å². The van der Waals surface area contributed by atoms with Crippen LogP contribution in [0.15, 0.2) is 42.7 Å². The van der Waals surface area contributed by atoms with Crippen LogP contribution in [-0.2, 0) is 0 Å². The standard InChI is InChI=1S/C21H25ClN4O/c1-14-4-6-15(7-5-14)19-12-24-25-20(19)16-3-2-8-26(13-16)21(27)17-9-18(22)11-23-10-17/h4-7,9-11,16,19-20,24-25H,2-3,8,12-13H2,1H3. The molecule has 2 N–H and O–H groups in total. The van der Waals surface area contributed by atoms with Crippen molar-refractivity contribution in [1.82, 2.24) is 20.7 Å². The van der Waals surface area contributed by atoms with Crippen molar-refractivity contribution in [2.75, 3.05) is 19.6 Å². The Bertz CT molecular complexity index is 810. The number of amides is 1. The molecule has 0 saturated carbocycles. The van der Waals surface area contributed by atoms with Crippen molar-refractivity contribution < 1.29 is 4.79 Å². The van der Waals surface area contributed by atoms with Crippen LogP contribution in [0.2, 0.25) is 5.02 Å². The van der Waals surface area contributed by atoms with Crippen LogP contribution in [0.1, 0.15) is 40.2 Å². The summed E-state index contributed by atoms with van der Waals surface area (Å²) in [5.74, 6) is 0.849. The second kappa shape index (κ2) is 7.97. The van der Waals surface area contributed by atoms with E-state index >= 15 is 0 Å². The molecule has 0 bridgehead atoms. The van der Waals surface area contributed by atoms with Gasteiger partial charge in [0.1, 0.15) is 0 Å². The number of hydrogen-bond acceptors (Lipinski definition) is 4. The van der Waals surface area contributed by atoms with Crippen LogP contribution in [-0.4, -0.2) is 41.5 Å². The maximum Gasteiger partial charge on any atom is 0.255 e. The highest BCUT2D eigenvalue weighted by molar-refractivity contribution is 6.30. The minimum absolute atomic E-state index is 0.0209. The fourth-order valence-electron chi connectivity index (χ4n) is 4.30. The van der Waals surface area contributed by atoms with E-state index in [1.165, 1.54) is 11.1 Å². The van der Waals surface area contributed by atoms with Crippen LogP contribution in [0, 0.1) is 12.8 Å². The Labute approximate surface area is 165 Å². The fraction of sp³-hybridized carbons (Fsp3) is 0.429. The van der Waals surface area contributed by atoms with Gasteiger partial charge < -0.3 is 4.90 Å². The van der Waals surface area contributed by atoms with E-state index in [2.05, 4.69) is 47.0 Å². The van der Waals surface area contributed by atoms with Crippen LogP contribution < -0.4 is 10.9 Å². The first-order chi connectivity index (χ1) is 13.1. The molecule has 2 saturated heterocycles. The van der Waals surface area contributed by atoms with Crippen molar-refractivity contribution in [1.29, 1.82) is 0 Å². The Morgan fingerprint density at radius 2 is 2.07 bits per heavy atom. The van der Waals surface area contributed by atoms with Gasteiger partial charge in [-0.1, -0.05) is 41.4 Å². The van der Waals surface area contributed by atoms with E-state index in [0.29, 0.717) is 28.5 Å². The molecule has 1 amide bonds. The predicted molar refractivity (Wildman–Crippen MR) is 107 cm³/mol. The van der Waals surface area contributed by atoms with Gasteiger partial charge in [-0.3, -0.25) is 20.6 Å². The lowest BCUT2D eigenvalue weighted by atomic mass is 9.81. The van der Waals surface area contributed by atoms with Crippen molar-refractivity contribution in [3.8, 4) is 0 Å². The third-order valence-corrected chi connectivity index (χ3v) is 5.94. The van der Waals surface area contributed by atoms with Crippen molar-refractivity contribution in [3.63, 3.8) is 0 Å². The smallest absolute Gasteiger partial charge is 0.255 e. The average molecular weight is 385 g/mol. The molecule has 3 heterocycles. The van der Waals surface area contributed by atoms with Crippen LogP contribution in [0.5, 0.6) is 0 Å². The SMILES string of the molecule is Cc1ccc(C2CNNC2C2CCCN(C(=O)c3cncc(Cl)c3)C2)cc1. The van der Waals surface area contributed by atoms with Gasteiger partial charge in [-0.25, -0.2) is 0 Å². The summed E-state index contributed by atoms with van der Waals surface area (Å²) in [7, 11) is 0. The topological polar surface area (TPSA) is 57.3 Å². The van der Waals surface area contributed by atoms with E-state index in [1.807, 2.05) is 4.90 Å². The highest BCUT2D eigenvalue weighted by atomic mass is 35.5. The van der Waals surface area contributed by atoms with Crippen molar-refractivity contribution in [3.05, 3.63) is 64.4 Å². The van der Waals surface area contributed by atoms with E-state index in [9.17, 15) is 4.79 Å². The van der Waals surface area contributed by atoms with Gasteiger partial charge in [0.25, 0.3) is 5.91 Å². The third kappa shape index (κ3) is 4.00. The number of nitrogens with one attached hydrogen (secondary N) is 2. The molecule has 4 rings (SSSR count). The summed E-state index contributed by atoms with van der Waals surface area (Å²) in [5.41, 5.74) is 10.0. The number of nitrogens with zero attached hydrogens (tertiary/aromatic N) is 2. The molecule has 1 aromatic heterocycles. The highest BCUT2D eigenvalue weighted by Gasteiger charge is 2.37. The van der Waals surface area contributed by atoms with Gasteiger partial charge in [0.2, 0.25) is 0 Å². The molecule has 3 atom stereocenters. The first-order valence-corrected chi connectivity index (χ1v) is 9.94. The molecule has 0 aliphatic carbocycles. The molecule has 5 nitrogen and oxygen atoms in total. The number of halogens is 1. The number of carbonyl (C=O) groups excluding carboxylic acids is 1. The van der Waals surface area contributed by atoms with Gasteiger partial charge in [0.15, 0.2) is 0 Å². The second-order valence-electron chi connectivity index (χ2n) is 7.61. The molecular weight excluding hydrogens is 360 g/mol. The molecule has 142 valence electrons. The van der Waals surface area contributed by atoms with E-state index in [4.69, 9.17) is 11.6 Å². The Balaban J connectivity index is 1.49. The van der Waals surface area contributed by atoms with Crippen LogP contribution in [0.25, 0.3) is 0 Å². The molecule has 27 heavy (non-hydrogen) atoms. The summed E-state index contributed by atoms with van der Waals surface area (Å²) in [5, 5.41) is 0.496. The Hall–Kier alpha value is -1.95. The Morgan fingerprint density at radius 3 is 2.85 bits per heavy atom. The first-order valence-electron chi connectivity index (χ1n) is 9.56. The number of aryl methyl sites for hydroxylation is 1. The minimum Gasteiger partial charge on any atom is -0.338 e. The number of aromatic nitrogens is 1. The number of hydrogen-bond donors (Lipinski definition) is 2. The molecule has 2 aromatic rings. The van der Waals surface area contributed by atoms with Crippen LogP contribution in [0.4, 0.5) is 0 Å². The number of carbonyl (C=O) groups is 1. The molecule has 2 aliphatic heterocycles. The van der Waals surface area contributed by atoms with Gasteiger partial charge >= 0.3 is 0 Å². The van der Waals surface area contributed by atoms with Gasteiger partial charge in [-0.05, 0) is 37.3 Å². The first kappa shape index (κ1) is 18.4. The summed E-state index contributed by atoms with van der Waals surface area (Å²) in [6.45, 7) is 4.57. The monoisotopic (exact) mass is 384 g/mol. The molecule has 2 fully saturated rings. The zero-order valence-corrected chi connectivity index (χ0v) is 16.2. The van der Waals surface area contributed by atoms with E-state index in [0.717, 1.165) is 32.5 Å². The lowest BCUT2D eigenvalue weighted by molar-refractivity contribution is 0.0644. The van der Waals surface area contributed by atoms with Crippen LogP contribution in [0.3, 0.4) is 0 Å². The predicted octanol–water partition coefficient (Wildman–Crippen LogP) is 3.16. The number of piperidine rings is 1. The normalized spacial score (nSPS) is 25.6.